The van der Waals surface area contributed by atoms with Gasteiger partial charge < -0.3 is 5.32 Å². The van der Waals surface area contributed by atoms with Gasteiger partial charge in [0.15, 0.2) is 0 Å². The van der Waals surface area contributed by atoms with Gasteiger partial charge in [0.1, 0.15) is 11.2 Å². The molecule has 82 valence electrons. The fourth-order valence-corrected chi connectivity index (χ4v) is 2.90. The molecule has 0 aromatic carbocycles. The molecular formula is C9H11Cl2N3S. The summed E-state index contributed by atoms with van der Waals surface area (Å²) >= 11 is 1.79. The van der Waals surface area contributed by atoms with E-state index >= 15 is 0 Å². The van der Waals surface area contributed by atoms with Crippen molar-refractivity contribution in [3.8, 4) is 0 Å². The molecule has 0 saturated heterocycles. The van der Waals surface area contributed by atoms with Crippen LogP contribution in [0.5, 0.6) is 0 Å². The van der Waals surface area contributed by atoms with E-state index in [2.05, 4.69) is 15.3 Å². The highest BCUT2D eigenvalue weighted by molar-refractivity contribution is 7.18. The van der Waals surface area contributed by atoms with E-state index in [0.29, 0.717) is 0 Å². The minimum Gasteiger partial charge on any atom is -0.312 e. The van der Waals surface area contributed by atoms with Crippen LogP contribution in [0.1, 0.15) is 10.4 Å². The van der Waals surface area contributed by atoms with Gasteiger partial charge in [-0.15, -0.1) is 36.2 Å². The normalized spacial score (nSPS) is 13.9. The lowest BCUT2D eigenvalue weighted by molar-refractivity contribution is 0.657. The van der Waals surface area contributed by atoms with Crippen LogP contribution >= 0.6 is 36.2 Å². The first-order chi connectivity index (χ1) is 6.45. The highest BCUT2D eigenvalue weighted by atomic mass is 35.5. The molecule has 0 fully saturated rings. The average Bonchev–Trinajstić information content (AvgIpc) is 2.56. The van der Waals surface area contributed by atoms with Gasteiger partial charge in [-0.05, 0) is 18.5 Å². The standard InChI is InChI=1S/C9H9N3S.2ClH/c1-2-10-4-8-6(1)7-3-11-5-12-9(7)13-8;;/h3,5,10H,1-2,4H2;2*1H. The van der Waals surface area contributed by atoms with Crippen molar-refractivity contribution in [2.24, 2.45) is 0 Å². The van der Waals surface area contributed by atoms with Crippen LogP contribution in [0.15, 0.2) is 12.5 Å². The van der Waals surface area contributed by atoms with Crippen molar-refractivity contribution in [1.82, 2.24) is 15.3 Å². The van der Waals surface area contributed by atoms with Crippen LogP contribution in [-0.2, 0) is 13.0 Å². The van der Waals surface area contributed by atoms with E-state index in [-0.39, 0.29) is 24.8 Å². The van der Waals surface area contributed by atoms with Crippen molar-refractivity contribution in [1.29, 1.82) is 0 Å². The Morgan fingerprint density at radius 1 is 1.33 bits per heavy atom. The summed E-state index contributed by atoms with van der Waals surface area (Å²) in [5, 5.41) is 4.62. The van der Waals surface area contributed by atoms with E-state index in [9.17, 15) is 0 Å². The Bertz CT molecular complexity index is 458. The van der Waals surface area contributed by atoms with Gasteiger partial charge in [-0.25, -0.2) is 9.97 Å². The van der Waals surface area contributed by atoms with E-state index in [0.717, 1.165) is 24.3 Å². The maximum absolute atomic E-state index is 4.27. The molecule has 3 heterocycles. The third-order valence-electron chi connectivity index (χ3n) is 2.39. The Labute approximate surface area is 104 Å². The number of fused-ring (bicyclic) bond motifs is 3. The van der Waals surface area contributed by atoms with Gasteiger partial charge in [0.2, 0.25) is 0 Å². The Morgan fingerprint density at radius 2 is 2.20 bits per heavy atom. The largest absolute Gasteiger partial charge is 0.312 e. The summed E-state index contributed by atoms with van der Waals surface area (Å²) in [7, 11) is 0. The number of thiophene rings is 1. The summed E-state index contributed by atoms with van der Waals surface area (Å²) < 4.78 is 0. The average molecular weight is 264 g/mol. The second kappa shape index (κ2) is 5.07. The van der Waals surface area contributed by atoms with Crippen molar-refractivity contribution < 1.29 is 0 Å². The zero-order valence-electron chi connectivity index (χ0n) is 7.90. The van der Waals surface area contributed by atoms with Crippen LogP contribution in [0, 0.1) is 0 Å². The summed E-state index contributed by atoms with van der Waals surface area (Å²) in [5.74, 6) is 0. The number of rotatable bonds is 0. The van der Waals surface area contributed by atoms with E-state index in [4.69, 9.17) is 0 Å². The number of nitrogens with one attached hydrogen (secondary N) is 1. The second-order valence-corrected chi connectivity index (χ2v) is 4.26. The lowest BCUT2D eigenvalue weighted by Gasteiger charge is -2.11. The molecule has 0 spiro atoms. The summed E-state index contributed by atoms with van der Waals surface area (Å²) in [6.45, 7) is 2.07. The van der Waals surface area contributed by atoms with Gasteiger partial charge in [0.05, 0.1) is 0 Å². The minimum absolute atomic E-state index is 0. The molecular weight excluding hydrogens is 253 g/mol. The maximum atomic E-state index is 4.27. The number of halogens is 2. The van der Waals surface area contributed by atoms with Crippen molar-refractivity contribution in [2.45, 2.75) is 13.0 Å². The Balaban J connectivity index is 0.000000562. The molecule has 0 amide bonds. The Morgan fingerprint density at radius 3 is 3.07 bits per heavy atom. The summed E-state index contributed by atoms with van der Waals surface area (Å²) in [5.41, 5.74) is 1.46. The second-order valence-electron chi connectivity index (χ2n) is 3.17. The predicted molar refractivity (Wildman–Crippen MR) is 67.3 cm³/mol. The summed E-state index contributed by atoms with van der Waals surface area (Å²) in [4.78, 5) is 10.9. The molecule has 0 bridgehead atoms. The SMILES string of the molecule is Cl.Cl.c1ncc2c3c(sc2n1)CNCC3. The minimum atomic E-state index is 0. The molecule has 2 aromatic heterocycles. The molecule has 0 radical (unpaired) electrons. The quantitative estimate of drug-likeness (QED) is 0.792. The first kappa shape index (κ1) is 12.6. The predicted octanol–water partition coefficient (Wildman–Crippen LogP) is 2.18. The zero-order valence-corrected chi connectivity index (χ0v) is 10.3. The van der Waals surface area contributed by atoms with Crippen LogP contribution < -0.4 is 5.32 Å². The summed E-state index contributed by atoms with van der Waals surface area (Å²) in [6.07, 6.45) is 4.67. The summed E-state index contributed by atoms with van der Waals surface area (Å²) in [6, 6.07) is 0. The lowest BCUT2D eigenvalue weighted by atomic mass is 10.1. The fourth-order valence-electron chi connectivity index (χ4n) is 1.77. The van der Waals surface area contributed by atoms with E-state index in [1.807, 2.05) is 6.20 Å². The molecule has 0 saturated carbocycles. The lowest BCUT2D eigenvalue weighted by Crippen LogP contribution is -2.21. The van der Waals surface area contributed by atoms with Gasteiger partial charge in [-0.1, -0.05) is 0 Å². The molecule has 3 rings (SSSR count). The molecule has 0 aliphatic carbocycles. The first-order valence-corrected chi connectivity index (χ1v) is 5.18. The number of nitrogens with zero attached hydrogens (tertiary/aromatic N) is 2. The van der Waals surface area contributed by atoms with Gasteiger partial charge in [-0.2, -0.15) is 0 Å². The number of aromatic nitrogens is 2. The first-order valence-electron chi connectivity index (χ1n) is 4.36. The van der Waals surface area contributed by atoms with Crippen LogP contribution in [0.4, 0.5) is 0 Å². The number of hydrogen-bond donors (Lipinski definition) is 1. The molecule has 0 atom stereocenters. The van der Waals surface area contributed by atoms with Gasteiger partial charge in [0, 0.05) is 23.0 Å². The Kier molecular flexibility index (Phi) is 4.28. The van der Waals surface area contributed by atoms with Crippen molar-refractivity contribution in [2.75, 3.05) is 6.54 Å². The molecule has 15 heavy (non-hydrogen) atoms. The molecule has 3 nitrogen and oxygen atoms in total. The monoisotopic (exact) mass is 263 g/mol. The molecule has 1 aliphatic heterocycles. The molecule has 1 N–H and O–H groups in total. The number of hydrogen-bond acceptors (Lipinski definition) is 4. The van der Waals surface area contributed by atoms with Crippen molar-refractivity contribution in [3.05, 3.63) is 23.0 Å². The highest BCUT2D eigenvalue weighted by Crippen LogP contribution is 2.30. The van der Waals surface area contributed by atoms with E-state index < -0.39 is 0 Å². The van der Waals surface area contributed by atoms with Crippen LogP contribution in [0.2, 0.25) is 0 Å². The molecule has 6 heteroatoms. The third kappa shape index (κ3) is 2.08. The van der Waals surface area contributed by atoms with Gasteiger partial charge in [-0.3, -0.25) is 0 Å². The van der Waals surface area contributed by atoms with Crippen molar-refractivity contribution in [3.63, 3.8) is 0 Å². The highest BCUT2D eigenvalue weighted by Gasteiger charge is 2.15. The molecule has 1 aliphatic rings. The van der Waals surface area contributed by atoms with Gasteiger partial charge >= 0.3 is 0 Å². The fraction of sp³-hybridized carbons (Fsp3) is 0.333. The van der Waals surface area contributed by atoms with Crippen LogP contribution in [0.25, 0.3) is 10.2 Å². The van der Waals surface area contributed by atoms with E-state index in [1.54, 1.807) is 17.7 Å². The van der Waals surface area contributed by atoms with Gasteiger partial charge in [0.25, 0.3) is 0 Å². The molecule has 2 aromatic rings. The van der Waals surface area contributed by atoms with Crippen LogP contribution in [-0.4, -0.2) is 16.5 Å². The van der Waals surface area contributed by atoms with Crippen molar-refractivity contribution >= 4 is 46.4 Å². The Hall–Kier alpha value is -0.420. The topological polar surface area (TPSA) is 37.8 Å². The smallest absolute Gasteiger partial charge is 0.127 e. The maximum Gasteiger partial charge on any atom is 0.127 e. The third-order valence-corrected chi connectivity index (χ3v) is 3.55. The molecule has 0 unspecified atom stereocenters. The van der Waals surface area contributed by atoms with Crippen LogP contribution in [0.3, 0.4) is 0 Å². The zero-order chi connectivity index (χ0) is 8.67. The van der Waals surface area contributed by atoms with E-state index in [1.165, 1.54) is 15.8 Å².